The molecular formula is C16H19N3O. The van der Waals surface area contributed by atoms with Crippen LogP contribution in [0, 0.1) is 0 Å². The van der Waals surface area contributed by atoms with Crippen molar-refractivity contribution in [2.45, 2.75) is 26.4 Å². The number of nitrogens with one attached hydrogen (secondary N) is 1. The van der Waals surface area contributed by atoms with Crippen LogP contribution in [0.25, 0.3) is 6.08 Å². The molecule has 0 saturated heterocycles. The molecule has 104 valence electrons. The Morgan fingerprint density at radius 2 is 2.25 bits per heavy atom. The number of benzene rings is 1. The van der Waals surface area contributed by atoms with Crippen LogP contribution in [0.5, 0.6) is 5.75 Å². The van der Waals surface area contributed by atoms with E-state index in [1.54, 1.807) is 0 Å². The Bertz CT molecular complexity index is 630. The largest absolute Gasteiger partial charge is 0.489 e. The Balaban J connectivity index is 1.75. The van der Waals surface area contributed by atoms with Crippen molar-refractivity contribution in [2.75, 3.05) is 11.9 Å². The van der Waals surface area contributed by atoms with Crippen LogP contribution in [0.1, 0.15) is 19.4 Å². The molecule has 2 aromatic rings. The normalized spacial score (nSPS) is 15.0. The smallest absolute Gasteiger partial charge is 0.127 e. The van der Waals surface area contributed by atoms with Crippen LogP contribution in [0.3, 0.4) is 0 Å². The highest BCUT2D eigenvalue weighted by atomic mass is 16.5. The highest BCUT2D eigenvalue weighted by Crippen LogP contribution is 2.27. The number of fused-ring (bicyclic) bond motifs is 1. The highest BCUT2D eigenvalue weighted by molar-refractivity contribution is 5.64. The second-order valence-electron chi connectivity index (χ2n) is 5.00. The van der Waals surface area contributed by atoms with E-state index in [1.165, 1.54) is 5.57 Å². The van der Waals surface area contributed by atoms with Gasteiger partial charge in [0.15, 0.2) is 0 Å². The SMILES string of the molecule is CCn1cc(NC(C)C2=Cc3ccccc3OC2)cn1. The molecule has 2 heterocycles. The van der Waals surface area contributed by atoms with Crippen molar-refractivity contribution in [1.29, 1.82) is 0 Å². The van der Waals surface area contributed by atoms with Crippen LogP contribution in [0.4, 0.5) is 5.69 Å². The zero-order valence-electron chi connectivity index (χ0n) is 11.8. The lowest BCUT2D eigenvalue weighted by molar-refractivity contribution is 0.341. The average molecular weight is 269 g/mol. The summed E-state index contributed by atoms with van der Waals surface area (Å²) in [6, 6.07) is 8.34. The minimum Gasteiger partial charge on any atom is -0.489 e. The summed E-state index contributed by atoms with van der Waals surface area (Å²) in [6.07, 6.45) is 6.09. The van der Waals surface area contributed by atoms with Gasteiger partial charge >= 0.3 is 0 Å². The predicted octanol–water partition coefficient (Wildman–Crippen LogP) is 3.18. The van der Waals surface area contributed by atoms with Gasteiger partial charge in [0, 0.05) is 24.3 Å². The fourth-order valence-corrected chi connectivity index (χ4v) is 2.34. The summed E-state index contributed by atoms with van der Waals surface area (Å²) >= 11 is 0. The molecule has 1 atom stereocenters. The Morgan fingerprint density at radius 1 is 1.40 bits per heavy atom. The van der Waals surface area contributed by atoms with Gasteiger partial charge in [-0.15, -0.1) is 0 Å². The summed E-state index contributed by atoms with van der Waals surface area (Å²) in [5.41, 5.74) is 3.43. The molecule has 20 heavy (non-hydrogen) atoms. The maximum Gasteiger partial charge on any atom is 0.127 e. The number of rotatable bonds is 4. The predicted molar refractivity (Wildman–Crippen MR) is 80.9 cm³/mol. The number of aryl methyl sites for hydroxylation is 1. The highest BCUT2D eigenvalue weighted by Gasteiger charge is 2.16. The van der Waals surface area contributed by atoms with Crippen LogP contribution >= 0.6 is 0 Å². The third-order valence-corrected chi connectivity index (χ3v) is 3.55. The Labute approximate surface area is 119 Å². The minimum absolute atomic E-state index is 0.220. The molecule has 0 bridgehead atoms. The van der Waals surface area contributed by atoms with Gasteiger partial charge in [-0.1, -0.05) is 18.2 Å². The zero-order valence-corrected chi connectivity index (χ0v) is 11.8. The maximum absolute atomic E-state index is 5.79. The Morgan fingerprint density at radius 3 is 3.05 bits per heavy atom. The molecule has 0 spiro atoms. The first-order chi connectivity index (χ1) is 9.76. The van der Waals surface area contributed by atoms with Gasteiger partial charge in [-0.25, -0.2) is 0 Å². The summed E-state index contributed by atoms with van der Waals surface area (Å²) < 4.78 is 7.70. The second kappa shape index (κ2) is 5.41. The van der Waals surface area contributed by atoms with Crippen molar-refractivity contribution in [3.05, 3.63) is 47.8 Å². The molecule has 1 unspecified atom stereocenters. The zero-order chi connectivity index (χ0) is 13.9. The number of hydrogen-bond donors (Lipinski definition) is 1. The van der Waals surface area contributed by atoms with Crippen molar-refractivity contribution in [3.8, 4) is 5.75 Å². The van der Waals surface area contributed by atoms with E-state index in [-0.39, 0.29) is 6.04 Å². The van der Waals surface area contributed by atoms with Crippen molar-refractivity contribution in [1.82, 2.24) is 9.78 Å². The van der Waals surface area contributed by atoms with E-state index < -0.39 is 0 Å². The van der Waals surface area contributed by atoms with E-state index in [1.807, 2.05) is 35.3 Å². The van der Waals surface area contributed by atoms with Crippen LogP contribution in [-0.2, 0) is 6.54 Å². The lowest BCUT2D eigenvalue weighted by atomic mass is 10.0. The average Bonchev–Trinajstić information content (AvgIpc) is 2.94. The fraction of sp³-hybridized carbons (Fsp3) is 0.312. The third-order valence-electron chi connectivity index (χ3n) is 3.55. The number of hydrogen-bond acceptors (Lipinski definition) is 3. The van der Waals surface area contributed by atoms with E-state index in [0.29, 0.717) is 6.61 Å². The van der Waals surface area contributed by atoms with Gasteiger partial charge < -0.3 is 10.1 Å². The molecule has 1 aliphatic heterocycles. The molecule has 0 fully saturated rings. The van der Waals surface area contributed by atoms with Gasteiger partial charge in [-0.2, -0.15) is 5.10 Å². The first-order valence-corrected chi connectivity index (χ1v) is 6.97. The first kappa shape index (κ1) is 12.8. The van der Waals surface area contributed by atoms with Gasteiger partial charge in [0.05, 0.1) is 11.9 Å². The standard InChI is InChI=1S/C16H19N3O/c1-3-19-10-15(9-17-19)18-12(2)14-8-13-6-4-5-7-16(13)20-11-14/h4-10,12,18H,3,11H2,1-2H3. The van der Waals surface area contributed by atoms with Crippen LogP contribution in [0.15, 0.2) is 42.2 Å². The molecule has 4 nitrogen and oxygen atoms in total. The summed E-state index contributed by atoms with van der Waals surface area (Å²) in [6.45, 7) is 5.74. The fourth-order valence-electron chi connectivity index (χ4n) is 2.34. The molecule has 0 radical (unpaired) electrons. The summed E-state index contributed by atoms with van der Waals surface area (Å²) in [5.74, 6) is 0.960. The van der Waals surface area contributed by atoms with E-state index in [9.17, 15) is 0 Å². The number of para-hydroxylation sites is 1. The van der Waals surface area contributed by atoms with E-state index >= 15 is 0 Å². The lowest BCUT2D eigenvalue weighted by Gasteiger charge is -2.23. The van der Waals surface area contributed by atoms with Crippen molar-refractivity contribution in [3.63, 3.8) is 0 Å². The molecule has 1 N–H and O–H groups in total. The van der Waals surface area contributed by atoms with Crippen molar-refractivity contribution in [2.24, 2.45) is 0 Å². The van der Waals surface area contributed by atoms with E-state index in [2.05, 4.69) is 36.4 Å². The number of anilines is 1. The van der Waals surface area contributed by atoms with Gasteiger partial charge in [0.1, 0.15) is 12.4 Å². The van der Waals surface area contributed by atoms with E-state index in [0.717, 1.165) is 23.5 Å². The molecule has 1 aliphatic rings. The van der Waals surface area contributed by atoms with Crippen molar-refractivity contribution >= 4 is 11.8 Å². The molecule has 4 heteroatoms. The molecule has 1 aromatic carbocycles. The number of aromatic nitrogens is 2. The van der Waals surface area contributed by atoms with Gasteiger partial charge in [-0.05, 0) is 31.6 Å². The Hall–Kier alpha value is -2.23. The van der Waals surface area contributed by atoms with E-state index in [4.69, 9.17) is 4.74 Å². The van der Waals surface area contributed by atoms with Gasteiger partial charge in [0.25, 0.3) is 0 Å². The second-order valence-corrected chi connectivity index (χ2v) is 5.00. The topological polar surface area (TPSA) is 39.1 Å². The summed E-state index contributed by atoms with van der Waals surface area (Å²) in [7, 11) is 0. The molecule has 0 aliphatic carbocycles. The quantitative estimate of drug-likeness (QED) is 0.926. The summed E-state index contributed by atoms with van der Waals surface area (Å²) in [4.78, 5) is 0. The molecule has 3 rings (SSSR count). The minimum atomic E-state index is 0.220. The number of nitrogens with zero attached hydrogens (tertiary/aromatic N) is 2. The Kier molecular flexibility index (Phi) is 3.46. The lowest BCUT2D eigenvalue weighted by Crippen LogP contribution is -2.23. The maximum atomic E-state index is 5.79. The summed E-state index contributed by atoms with van der Waals surface area (Å²) in [5, 5.41) is 7.74. The third kappa shape index (κ3) is 2.54. The van der Waals surface area contributed by atoms with Crippen LogP contribution in [-0.4, -0.2) is 22.4 Å². The van der Waals surface area contributed by atoms with Gasteiger partial charge in [0.2, 0.25) is 0 Å². The van der Waals surface area contributed by atoms with Crippen molar-refractivity contribution < 1.29 is 4.74 Å². The van der Waals surface area contributed by atoms with Gasteiger partial charge in [-0.3, -0.25) is 4.68 Å². The molecular weight excluding hydrogens is 250 g/mol. The number of ether oxygens (including phenoxy) is 1. The molecule has 0 saturated carbocycles. The molecule has 1 aromatic heterocycles. The monoisotopic (exact) mass is 269 g/mol. The molecule has 0 amide bonds. The van der Waals surface area contributed by atoms with Crippen LogP contribution < -0.4 is 10.1 Å². The first-order valence-electron chi connectivity index (χ1n) is 6.97. The van der Waals surface area contributed by atoms with Crippen LogP contribution in [0.2, 0.25) is 0 Å².